The molecule has 0 fully saturated rings. The lowest BCUT2D eigenvalue weighted by molar-refractivity contribution is 0.0522. The molecule has 114 valence electrons. The highest BCUT2D eigenvalue weighted by molar-refractivity contribution is 5.67. The molecule has 3 N–H and O–H groups in total. The van der Waals surface area contributed by atoms with Crippen LogP contribution < -0.4 is 10.6 Å². The first-order valence-corrected chi connectivity index (χ1v) is 7.01. The molecule has 0 aliphatic carbocycles. The van der Waals surface area contributed by atoms with Crippen LogP contribution in [0, 0.1) is 6.92 Å². The first-order chi connectivity index (χ1) is 9.31. The molecule has 1 atom stereocenters. The van der Waals surface area contributed by atoms with E-state index in [1.54, 1.807) is 0 Å². The zero-order valence-electron chi connectivity index (χ0n) is 13.0. The normalized spacial score (nSPS) is 13.1. The molecular formula is C14H26N4O2. The molecule has 1 aromatic rings. The first kappa shape index (κ1) is 16.5. The number of ether oxygens (including phenoxy) is 1. The van der Waals surface area contributed by atoms with E-state index in [9.17, 15) is 4.79 Å². The smallest absolute Gasteiger partial charge is 0.407 e. The van der Waals surface area contributed by atoms with E-state index in [4.69, 9.17) is 4.74 Å². The highest BCUT2D eigenvalue weighted by atomic mass is 16.6. The van der Waals surface area contributed by atoms with Crippen molar-refractivity contribution in [1.82, 2.24) is 20.8 Å². The van der Waals surface area contributed by atoms with Crippen LogP contribution in [-0.4, -0.2) is 34.5 Å². The Hall–Kier alpha value is -1.56. The third-order valence-electron chi connectivity index (χ3n) is 2.90. The second kappa shape index (κ2) is 7.28. The molecule has 1 heterocycles. The van der Waals surface area contributed by atoms with Gasteiger partial charge in [0.25, 0.3) is 0 Å². The number of nitrogens with one attached hydrogen (secondary N) is 3. The van der Waals surface area contributed by atoms with Gasteiger partial charge in [0.15, 0.2) is 0 Å². The van der Waals surface area contributed by atoms with E-state index in [1.165, 1.54) is 0 Å². The van der Waals surface area contributed by atoms with Gasteiger partial charge in [-0.1, -0.05) is 6.92 Å². The summed E-state index contributed by atoms with van der Waals surface area (Å²) < 4.78 is 5.21. The Bertz CT molecular complexity index is 423. The van der Waals surface area contributed by atoms with Crippen LogP contribution in [0.2, 0.25) is 0 Å². The van der Waals surface area contributed by atoms with Gasteiger partial charge in [0.2, 0.25) is 0 Å². The Morgan fingerprint density at radius 2 is 2.20 bits per heavy atom. The summed E-state index contributed by atoms with van der Waals surface area (Å²) in [5.74, 6) is 0. The Balaban J connectivity index is 2.33. The number of H-pyrrole nitrogens is 1. The van der Waals surface area contributed by atoms with E-state index in [0.717, 1.165) is 24.2 Å². The van der Waals surface area contributed by atoms with E-state index in [0.29, 0.717) is 6.54 Å². The molecule has 1 aromatic heterocycles. The maximum absolute atomic E-state index is 11.6. The lowest BCUT2D eigenvalue weighted by Gasteiger charge is -2.22. The molecule has 0 aliphatic heterocycles. The van der Waals surface area contributed by atoms with Crippen LogP contribution in [0.4, 0.5) is 4.79 Å². The highest BCUT2D eigenvalue weighted by Crippen LogP contribution is 2.06. The lowest BCUT2D eigenvalue weighted by atomic mass is 10.2. The Kier molecular flexibility index (Phi) is 6.01. The maximum Gasteiger partial charge on any atom is 0.407 e. The van der Waals surface area contributed by atoms with Crippen LogP contribution in [0.15, 0.2) is 6.20 Å². The number of nitrogens with zero attached hydrogens (tertiary/aromatic N) is 1. The van der Waals surface area contributed by atoms with Gasteiger partial charge in [0, 0.05) is 30.4 Å². The number of hydrogen-bond acceptors (Lipinski definition) is 4. The maximum atomic E-state index is 11.6. The molecule has 0 bridgehead atoms. The summed E-state index contributed by atoms with van der Waals surface area (Å²) in [5.41, 5.74) is 1.74. The SMILES string of the molecule is CCC(CNC(=O)OC(C)(C)C)NCc1cn[nH]c1C. The number of carbonyl (C=O) groups excluding carboxylic acids is 1. The van der Waals surface area contributed by atoms with Gasteiger partial charge in [-0.15, -0.1) is 0 Å². The molecule has 0 saturated carbocycles. The Labute approximate surface area is 120 Å². The third-order valence-corrected chi connectivity index (χ3v) is 2.90. The largest absolute Gasteiger partial charge is 0.444 e. The van der Waals surface area contributed by atoms with E-state index in [-0.39, 0.29) is 12.1 Å². The van der Waals surface area contributed by atoms with Crippen molar-refractivity contribution >= 4 is 6.09 Å². The zero-order chi connectivity index (χ0) is 15.2. The Morgan fingerprint density at radius 1 is 1.50 bits per heavy atom. The van der Waals surface area contributed by atoms with E-state index >= 15 is 0 Å². The van der Waals surface area contributed by atoms with Crippen molar-refractivity contribution < 1.29 is 9.53 Å². The average molecular weight is 282 g/mol. The summed E-state index contributed by atoms with van der Waals surface area (Å²) in [6.07, 6.45) is 2.36. The lowest BCUT2D eigenvalue weighted by Crippen LogP contribution is -2.42. The van der Waals surface area contributed by atoms with Gasteiger partial charge in [-0.2, -0.15) is 5.10 Å². The molecule has 0 spiro atoms. The molecule has 6 nitrogen and oxygen atoms in total. The summed E-state index contributed by atoms with van der Waals surface area (Å²) >= 11 is 0. The van der Waals surface area contributed by atoms with Gasteiger partial charge in [-0.3, -0.25) is 5.10 Å². The number of alkyl carbamates (subject to hydrolysis) is 1. The molecule has 6 heteroatoms. The van der Waals surface area contributed by atoms with E-state index in [1.807, 2.05) is 33.9 Å². The van der Waals surface area contributed by atoms with Crippen LogP contribution in [0.1, 0.15) is 45.4 Å². The fraction of sp³-hybridized carbons (Fsp3) is 0.714. The number of amides is 1. The molecule has 0 aromatic carbocycles. The van der Waals surface area contributed by atoms with Crippen LogP contribution in [0.3, 0.4) is 0 Å². The fourth-order valence-corrected chi connectivity index (χ4v) is 1.69. The van der Waals surface area contributed by atoms with Gasteiger partial charge in [-0.05, 0) is 34.1 Å². The summed E-state index contributed by atoms with van der Waals surface area (Å²) in [6, 6.07) is 0.205. The number of aryl methyl sites for hydroxylation is 1. The minimum Gasteiger partial charge on any atom is -0.444 e. The van der Waals surface area contributed by atoms with E-state index in [2.05, 4.69) is 27.8 Å². The van der Waals surface area contributed by atoms with Crippen LogP contribution in [0.25, 0.3) is 0 Å². The van der Waals surface area contributed by atoms with Gasteiger partial charge < -0.3 is 15.4 Å². The minimum atomic E-state index is -0.465. The summed E-state index contributed by atoms with van der Waals surface area (Å²) in [6.45, 7) is 10.9. The van der Waals surface area contributed by atoms with Crippen molar-refractivity contribution in [3.8, 4) is 0 Å². The van der Waals surface area contributed by atoms with Crippen molar-refractivity contribution in [3.63, 3.8) is 0 Å². The molecular weight excluding hydrogens is 256 g/mol. The van der Waals surface area contributed by atoms with Gasteiger partial charge in [-0.25, -0.2) is 4.79 Å². The van der Waals surface area contributed by atoms with Crippen molar-refractivity contribution in [2.75, 3.05) is 6.54 Å². The predicted octanol–water partition coefficient (Wildman–Crippen LogP) is 2.11. The number of rotatable bonds is 6. The van der Waals surface area contributed by atoms with Crippen LogP contribution >= 0.6 is 0 Å². The molecule has 1 unspecified atom stereocenters. The van der Waals surface area contributed by atoms with Crippen molar-refractivity contribution in [2.24, 2.45) is 0 Å². The molecule has 20 heavy (non-hydrogen) atoms. The number of carbonyl (C=O) groups is 1. The molecule has 1 rings (SSSR count). The summed E-state index contributed by atoms with van der Waals surface area (Å²) in [7, 11) is 0. The van der Waals surface area contributed by atoms with Gasteiger partial charge >= 0.3 is 6.09 Å². The van der Waals surface area contributed by atoms with Crippen LogP contribution in [-0.2, 0) is 11.3 Å². The second-order valence-electron chi connectivity index (χ2n) is 5.89. The topological polar surface area (TPSA) is 79.0 Å². The molecule has 0 saturated heterocycles. The highest BCUT2D eigenvalue weighted by Gasteiger charge is 2.17. The van der Waals surface area contributed by atoms with Crippen LogP contribution in [0.5, 0.6) is 0 Å². The Morgan fingerprint density at radius 3 is 2.70 bits per heavy atom. The second-order valence-corrected chi connectivity index (χ2v) is 5.89. The summed E-state index contributed by atoms with van der Waals surface area (Å²) in [4.78, 5) is 11.6. The van der Waals surface area contributed by atoms with Crippen molar-refractivity contribution in [3.05, 3.63) is 17.5 Å². The van der Waals surface area contributed by atoms with Crippen molar-refractivity contribution in [1.29, 1.82) is 0 Å². The van der Waals surface area contributed by atoms with Gasteiger partial charge in [0.1, 0.15) is 5.60 Å². The molecule has 0 radical (unpaired) electrons. The standard InChI is InChI=1S/C14H26N4O2/c1-6-12(9-16-13(19)20-14(3,4)5)15-7-11-8-17-18-10(11)2/h8,12,15H,6-7,9H2,1-5H3,(H,16,19)(H,17,18). The molecule has 0 aliphatic rings. The monoisotopic (exact) mass is 282 g/mol. The third kappa shape index (κ3) is 6.06. The zero-order valence-corrected chi connectivity index (χ0v) is 13.0. The number of hydrogen-bond donors (Lipinski definition) is 3. The quantitative estimate of drug-likeness (QED) is 0.746. The number of aromatic nitrogens is 2. The first-order valence-electron chi connectivity index (χ1n) is 7.01. The number of aromatic amines is 1. The minimum absolute atomic E-state index is 0.205. The van der Waals surface area contributed by atoms with Gasteiger partial charge in [0.05, 0.1) is 6.20 Å². The average Bonchev–Trinajstić information content (AvgIpc) is 2.73. The fourth-order valence-electron chi connectivity index (χ4n) is 1.69. The van der Waals surface area contributed by atoms with E-state index < -0.39 is 5.60 Å². The van der Waals surface area contributed by atoms with Crippen molar-refractivity contribution in [2.45, 2.75) is 59.2 Å². The molecule has 1 amide bonds. The predicted molar refractivity (Wildman–Crippen MR) is 78.5 cm³/mol. The summed E-state index contributed by atoms with van der Waals surface area (Å²) in [5, 5.41) is 13.1.